The number of benzene rings is 2. The third kappa shape index (κ3) is 12.2. The largest absolute Gasteiger partial charge is 0.584 e. The van der Waals surface area contributed by atoms with E-state index in [2.05, 4.69) is 70.5 Å². The van der Waals surface area contributed by atoms with Crippen molar-refractivity contribution < 1.29 is 23.2 Å². The standard InChI is InChI=1S/C33H52BrO5P/c1-8-9-10-11-12-13-14-15-16-17-21-37-30-24-31(29(33(5,6)7)23-28(30)32(2,3)4)39-40(35,36)38-27-20-18-19-26(22-27)25-34/h18-20,22-24H,8-17,21,25H2,1-7H3,(H,35,36). The van der Waals surface area contributed by atoms with Crippen LogP contribution in [-0.2, 0) is 20.7 Å². The Morgan fingerprint density at radius 2 is 1.30 bits per heavy atom. The minimum Gasteiger partial charge on any atom is -0.493 e. The molecule has 1 N–H and O–H groups in total. The van der Waals surface area contributed by atoms with Crippen LogP contribution >= 0.6 is 23.8 Å². The molecule has 226 valence electrons. The van der Waals surface area contributed by atoms with Crippen molar-refractivity contribution in [1.29, 1.82) is 0 Å². The van der Waals surface area contributed by atoms with Crippen LogP contribution in [0.25, 0.3) is 0 Å². The molecule has 0 radical (unpaired) electrons. The SMILES string of the molecule is CCCCCCCCCCCCOc1cc(OP(=O)(O)Oc2cccc(CBr)c2)c(C(C)(C)C)cc1C(C)(C)C. The van der Waals surface area contributed by atoms with Crippen molar-refractivity contribution in [3.63, 3.8) is 0 Å². The molecule has 1 unspecified atom stereocenters. The highest BCUT2D eigenvalue weighted by Crippen LogP contribution is 2.49. The molecule has 2 aromatic carbocycles. The average Bonchev–Trinajstić information content (AvgIpc) is 2.85. The molecule has 0 spiro atoms. The lowest BCUT2D eigenvalue weighted by Crippen LogP contribution is -2.19. The summed E-state index contributed by atoms with van der Waals surface area (Å²) in [5, 5.41) is 0.614. The third-order valence-electron chi connectivity index (χ3n) is 6.94. The number of phosphoric acid groups is 1. The minimum atomic E-state index is -4.47. The molecule has 0 heterocycles. The smallest absolute Gasteiger partial charge is 0.493 e. The molecule has 7 heteroatoms. The van der Waals surface area contributed by atoms with Gasteiger partial charge in [-0.05, 0) is 41.0 Å². The zero-order valence-corrected chi connectivity index (χ0v) is 28.3. The van der Waals surface area contributed by atoms with Crippen LogP contribution in [0, 0.1) is 0 Å². The molecule has 2 aromatic rings. The first kappa shape index (κ1) is 34.7. The first-order valence-corrected chi connectivity index (χ1v) is 17.6. The van der Waals surface area contributed by atoms with E-state index in [1.54, 1.807) is 24.3 Å². The summed E-state index contributed by atoms with van der Waals surface area (Å²) in [5.74, 6) is 1.28. The van der Waals surface area contributed by atoms with E-state index in [4.69, 9.17) is 13.8 Å². The number of rotatable bonds is 17. The van der Waals surface area contributed by atoms with Crippen molar-refractivity contribution in [3.8, 4) is 17.2 Å². The highest BCUT2D eigenvalue weighted by molar-refractivity contribution is 9.08. The monoisotopic (exact) mass is 638 g/mol. The molecule has 0 saturated carbocycles. The topological polar surface area (TPSA) is 65.0 Å². The van der Waals surface area contributed by atoms with E-state index in [0.29, 0.717) is 23.4 Å². The van der Waals surface area contributed by atoms with Crippen LogP contribution in [0.4, 0.5) is 0 Å². The highest BCUT2D eigenvalue weighted by Gasteiger charge is 2.32. The molecule has 0 saturated heterocycles. The van der Waals surface area contributed by atoms with Crippen LogP contribution in [0.2, 0.25) is 0 Å². The maximum atomic E-state index is 13.1. The minimum absolute atomic E-state index is 0.179. The number of hydrogen-bond acceptors (Lipinski definition) is 4. The summed E-state index contributed by atoms with van der Waals surface area (Å²) in [7, 11) is -4.47. The number of halogens is 1. The van der Waals surface area contributed by atoms with E-state index < -0.39 is 7.82 Å². The molecule has 0 amide bonds. The van der Waals surface area contributed by atoms with Gasteiger partial charge in [-0.25, -0.2) is 4.57 Å². The van der Waals surface area contributed by atoms with Crippen LogP contribution in [-0.4, -0.2) is 11.5 Å². The van der Waals surface area contributed by atoms with Crippen LogP contribution < -0.4 is 13.8 Å². The summed E-state index contributed by atoms with van der Waals surface area (Å²) < 4.78 is 30.7. The Balaban J connectivity index is 2.14. The van der Waals surface area contributed by atoms with Gasteiger partial charge in [-0.2, -0.15) is 0 Å². The normalized spacial score (nSPS) is 13.6. The fraction of sp³-hybridized carbons (Fsp3) is 0.636. The molecular formula is C33H52BrO5P. The molecule has 40 heavy (non-hydrogen) atoms. The Morgan fingerprint density at radius 3 is 1.85 bits per heavy atom. The molecule has 0 bridgehead atoms. The van der Waals surface area contributed by atoms with E-state index in [9.17, 15) is 9.46 Å². The van der Waals surface area contributed by atoms with Gasteiger partial charge in [-0.3, -0.25) is 4.89 Å². The molecule has 5 nitrogen and oxygen atoms in total. The van der Waals surface area contributed by atoms with Gasteiger partial charge < -0.3 is 13.8 Å². The molecule has 0 aromatic heterocycles. The number of ether oxygens (including phenoxy) is 1. The molecule has 2 rings (SSSR count). The lowest BCUT2D eigenvalue weighted by molar-refractivity contribution is 0.282. The van der Waals surface area contributed by atoms with Gasteiger partial charge in [0.1, 0.15) is 17.2 Å². The van der Waals surface area contributed by atoms with Gasteiger partial charge in [0.2, 0.25) is 0 Å². The number of hydrogen-bond donors (Lipinski definition) is 1. The second-order valence-corrected chi connectivity index (χ2v) is 14.7. The molecular weight excluding hydrogens is 587 g/mol. The first-order valence-electron chi connectivity index (χ1n) is 15.0. The van der Waals surface area contributed by atoms with E-state index in [1.165, 1.54) is 51.4 Å². The van der Waals surface area contributed by atoms with Gasteiger partial charge in [-0.15, -0.1) is 0 Å². The Hall–Kier alpha value is -1.49. The Kier molecular flexibility index (Phi) is 14.1. The molecule has 0 fully saturated rings. The molecule has 1 atom stereocenters. The summed E-state index contributed by atoms with van der Waals surface area (Å²) in [6.45, 7) is 15.5. The van der Waals surface area contributed by atoms with Crippen molar-refractivity contribution in [2.24, 2.45) is 0 Å². The predicted molar refractivity (Wildman–Crippen MR) is 171 cm³/mol. The average molecular weight is 640 g/mol. The first-order chi connectivity index (χ1) is 18.8. The second-order valence-electron chi connectivity index (χ2n) is 12.8. The van der Waals surface area contributed by atoms with Gasteiger partial charge in [-0.1, -0.05) is 134 Å². The predicted octanol–water partition coefficient (Wildman–Crippen LogP) is 11.0. The van der Waals surface area contributed by atoms with Crippen molar-refractivity contribution in [3.05, 3.63) is 53.1 Å². The highest BCUT2D eigenvalue weighted by atomic mass is 79.9. The Morgan fingerprint density at radius 1 is 0.750 bits per heavy atom. The van der Waals surface area contributed by atoms with E-state index in [-0.39, 0.29) is 16.6 Å². The summed E-state index contributed by atoms with van der Waals surface area (Å²) >= 11 is 3.41. The van der Waals surface area contributed by atoms with Crippen LogP contribution in [0.5, 0.6) is 17.2 Å². The van der Waals surface area contributed by atoms with Crippen LogP contribution in [0.15, 0.2) is 36.4 Å². The Labute approximate surface area is 252 Å². The summed E-state index contributed by atoms with van der Waals surface area (Å²) in [6, 6.07) is 10.9. The number of unbranched alkanes of at least 4 members (excludes halogenated alkanes) is 9. The maximum Gasteiger partial charge on any atom is 0.584 e. The summed E-state index contributed by atoms with van der Waals surface area (Å²) in [4.78, 5) is 10.7. The number of alkyl halides is 1. The second kappa shape index (κ2) is 16.2. The van der Waals surface area contributed by atoms with E-state index in [1.807, 2.05) is 6.07 Å². The van der Waals surface area contributed by atoms with Crippen molar-refractivity contribution in [2.45, 2.75) is 129 Å². The van der Waals surface area contributed by atoms with Crippen molar-refractivity contribution >= 4 is 23.8 Å². The lowest BCUT2D eigenvalue weighted by atomic mass is 9.79. The third-order valence-corrected chi connectivity index (χ3v) is 8.46. The Bertz CT molecular complexity index is 1090. The zero-order chi connectivity index (χ0) is 29.8. The van der Waals surface area contributed by atoms with Gasteiger partial charge in [0.25, 0.3) is 0 Å². The fourth-order valence-electron chi connectivity index (χ4n) is 4.66. The van der Waals surface area contributed by atoms with Gasteiger partial charge in [0, 0.05) is 22.5 Å². The van der Waals surface area contributed by atoms with Crippen LogP contribution in [0.1, 0.15) is 129 Å². The van der Waals surface area contributed by atoms with Gasteiger partial charge in [0.05, 0.1) is 6.61 Å². The summed E-state index contributed by atoms with van der Waals surface area (Å²) in [6.07, 6.45) is 12.6. The number of phosphoric ester groups is 1. The zero-order valence-electron chi connectivity index (χ0n) is 25.9. The van der Waals surface area contributed by atoms with Gasteiger partial charge >= 0.3 is 7.82 Å². The maximum absolute atomic E-state index is 13.1. The molecule has 0 aliphatic rings. The van der Waals surface area contributed by atoms with Crippen molar-refractivity contribution in [1.82, 2.24) is 0 Å². The van der Waals surface area contributed by atoms with Crippen molar-refractivity contribution in [2.75, 3.05) is 6.61 Å². The van der Waals surface area contributed by atoms with E-state index in [0.717, 1.165) is 29.5 Å². The summed E-state index contributed by atoms with van der Waals surface area (Å²) in [5.41, 5.74) is 2.30. The fourth-order valence-corrected chi connectivity index (χ4v) is 5.83. The van der Waals surface area contributed by atoms with Crippen LogP contribution in [0.3, 0.4) is 0 Å². The van der Waals surface area contributed by atoms with Gasteiger partial charge in [0.15, 0.2) is 0 Å². The molecule has 0 aliphatic carbocycles. The molecule has 0 aliphatic heterocycles. The van der Waals surface area contributed by atoms with E-state index >= 15 is 0 Å². The quantitative estimate of drug-likeness (QED) is 0.106. The lowest BCUT2D eigenvalue weighted by Gasteiger charge is -2.29.